The van der Waals surface area contributed by atoms with Gasteiger partial charge in [-0.1, -0.05) is 35.9 Å². The predicted octanol–water partition coefficient (Wildman–Crippen LogP) is 4.14. The Kier molecular flexibility index (Phi) is 5.83. The summed E-state index contributed by atoms with van der Waals surface area (Å²) in [5.41, 5.74) is 3.29. The fraction of sp³-hybridized carbons (Fsp3) is 0.273. The molecule has 2 heterocycles. The summed E-state index contributed by atoms with van der Waals surface area (Å²) in [5, 5.41) is 8.08. The third kappa shape index (κ3) is 4.60. The molecule has 0 saturated heterocycles. The summed E-state index contributed by atoms with van der Waals surface area (Å²) in [7, 11) is 0. The first kappa shape index (κ1) is 19.5. The maximum absolute atomic E-state index is 12.6. The molecule has 1 N–H and O–H groups in total. The average molecular weight is 412 g/mol. The number of nitrogens with one attached hydrogen (secondary N) is 1. The Bertz CT molecular complexity index is 1000. The predicted molar refractivity (Wildman–Crippen MR) is 110 cm³/mol. The Hall–Kier alpha value is -2.83. The first-order valence-electron chi connectivity index (χ1n) is 9.56. The Morgan fingerprint density at radius 2 is 2.10 bits per heavy atom. The van der Waals surface area contributed by atoms with Gasteiger partial charge in [0.15, 0.2) is 5.69 Å². The van der Waals surface area contributed by atoms with Crippen LogP contribution in [-0.2, 0) is 24.4 Å². The van der Waals surface area contributed by atoms with Crippen molar-refractivity contribution in [3.63, 3.8) is 0 Å². The van der Waals surface area contributed by atoms with E-state index >= 15 is 0 Å². The minimum Gasteiger partial charge on any atom is -0.494 e. The lowest BCUT2D eigenvalue weighted by Gasteiger charge is -2.24. The van der Waals surface area contributed by atoms with Gasteiger partial charge < -0.3 is 14.8 Å². The Balaban J connectivity index is 1.40. The molecular formula is C22H22ClN3O3. The monoisotopic (exact) mass is 411 g/mol. The minimum atomic E-state index is -0.211. The molecule has 1 aliphatic rings. The summed E-state index contributed by atoms with van der Waals surface area (Å²) in [6.07, 6.45) is -0.114. The van der Waals surface area contributed by atoms with Gasteiger partial charge in [0.25, 0.3) is 5.91 Å². The molecule has 1 aromatic heterocycles. The molecule has 0 radical (unpaired) electrons. The number of rotatable bonds is 6. The van der Waals surface area contributed by atoms with Gasteiger partial charge in [0.05, 0.1) is 25.5 Å². The highest BCUT2D eigenvalue weighted by molar-refractivity contribution is 6.30. The molecule has 7 heteroatoms. The number of benzene rings is 2. The largest absolute Gasteiger partial charge is 0.494 e. The molecule has 2 aromatic carbocycles. The molecular weight excluding hydrogens is 390 g/mol. The molecule has 1 aliphatic heterocycles. The van der Waals surface area contributed by atoms with Crippen LogP contribution in [0.3, 0.4) is 0 Å². The zero-order chi connectivity index (χ0) is 20.2. The van der Waals surface area contributed by atoms with E-state index in [0.29, 0.717) is 37.0 Å². The number of nitrogens with zero attached hydrogens (tertiary/aromatic N) is 2. The van der Waals surface area contributed by atoms with Gasteiger partial charge in [-0.15, -0.1) is 0 Å². The first-order chi connectivity index (χ1) is 14.1. The number of carbonyl (C=O) groups excluding carboxylic acids is 1. The molecule has 3 aromatic rings. The van der Waals surface area contributed by atoms with E-state index in [1.807, 2.05) is 60.1 Å². The van der Waals surface area contributed by atoms with Gasteiger partial charge in [-0.25, -0.2) is 0 Å². The number of aromatic nitrogens is 2. The van der Waals surface area contributed by atoms with Crippen LogP contribution in [0.4, 0.5) is 0 Å². The normalized spacial score (nSPS) is 15.6. The fourth-order valence-corrected chi connectivity index (χ4v) is 3.43. The van der Waals surface area contributed by atoms with Crippen LogP contribution in [-0.4, -0.2) is 22.3 Å². The van der Waals surface area contributed by atoms with Crippen LogP contribution in [0, 0.1) is 0 Å². The number of amides is 1. The number of hydrogen-bond acceptors (Lipinski definition) is 4. The molecule has 1 amide bonds. The molecule has 150 valence electrons. The highest BCUT2D eigenvalue weighted by atomic mass is 35.5. The van der Waals surface area contributed by atoms with Gasteiger partial charge >= 0.3 is 0 Å². The summed E-state index contributed by atoms with van der Waals surface area (Å²) in [5.74, 6) is 0.582. The number of ether oxygens (including phenoxy) is 2. The van der Waals surface area contributed by atoms with E-state index < -0.39 is 0 Å². The molecule has 1 atom stereocenters. The van der Waals surface area contributed by atoms with E-state index in [4.69, 9.17) is 21.1 Å². The topological polar surface area (TPSA) is 65.4 Å². The Morgan fingerprint density at radius 3 is 2.90 bits per heavy atom. The Morgan fingerprint density at radius 1 is 1.28 bits per heavy atom. The van der Waals surface area contributed by atoms with Gasteiger partial charge in [-0.2, -0.15) is 5.10 Å². The number of hydrogen-bond donors (Lipinski definition) is 1. The van der Waals surface area contributed by atoms with Crippen molar-refractivity contribution in [3.8, 4) is 5.75 Å². The highest BCUT2D eigenvalue weighted by Crippen LogP contribution is 2.27. The number of fused-ring (bicyclic) bond motifs is 1. The molecule has 0 unspecified atom stereocenters. The first-order valence-corrected chi connectivity index (χ1v) is 9.94. The molecule has 0 spiro atoms. The quantitative estimate of drug-likeness (QED) is 0.662. The minimum absolute atomic E-state index is 0.114. The Labute approximate surface area is 174 Å². The van der Waals surface area contributed by atoms with E-state index in [1.165, 1.54) is 0 Å². The summed E-state index contributed by atoms with van der Waals surface area (Å²) in [4.78, 5) is 12.6. The van der Waals surface area contributed by atoms with Gasteiger partial charge in [-0.3, -0.25) is 9.48 Å². The second-order valence-corrected chi connectivity index (χ2v) is 7.25. The van der Waals surface area contributed by atoms with Crippen molar-refractivity contribution in [3.05, 3.63) is 82.1 Å². The molecule has 4 rings (SSSR count). The van der Waals surface area contributed by atoms with Crippen LogP contribution in [0.1, 0.15) is 40.3 Å². The third-order valence-corrected chi connectivity index (χ3v) is 5.02. The van der Waals surface area contributed by atoms with Crippen LogP contribution < -0.4 is 10.1 Å². The van der Waals surface area contributed by atoms with E-state index in [9.17, 15) is 4.79 Å². The molecule has 0 fully saturated rings. The lowest BCUT2D eigenvalue weighted by Crippen LogP contribution is -2.24. The van der Waals surface area contributed by atoms with Crippen molar-refractivity contribution in [2.75, 3.05) is 6.61 Å². The summed E-state index contributed by atoms with van der Waals surface area (Å²) >= 11 is 5.96. The van der Waals surface area contributed by atoms with Gasteiger partial charge in [-0.05, 0) is 48.4 Å². The van der Waals surface area contributed by atoms with Crippen molar-refractivity contribution in [1.29, 1.82) is 0 Å². The zero-order valence-electron chi connectivity index (χ0n) is 16.1. The van der Waals surface area contributed by atoms with Crippen LogP contribution in [0.15, 0.2) is 54.6 Å². The van der Waals surface area contributed by atoms with Crippen molar-refractivity contribution < 1.29 is 14.3 Å². The summed E-state index contributed by atoms with van der Waals surface area (Å²) < 4.78 is 13.3. The standard InChI is InChI=1S/C22H22ClN3O3/c1-2-28-19-5-3-4-15(10-19)12-24-22(27)20-11-18-14-29-21(13-26(18)25-20)16-6-8-17(23)9-7-16/h3-11,21H,2,12-14H2,1H3,(H,24,27)/t21-/m1/s1. The van der Waals surface area contributed by atoms with E-state index in [2.05, 4.69) is 10.4 Å². The fourth-order valence-electron chi connectivity index (χ4n) is 3.30. The number of halogens is 1. The van der Waals surface area contributed by atoms with Crippen LogP contribution in [0.25, 0.3) is 0 Å². The molecule has 0 bridgehead atoms. The second-order valence-electron chi connectivity index (χ2n) is 6.82. The molecule has 29 heavy (non-hydrogen) atoms. The zero-order valence-corrected chi connectivity index (χ0v) is 16.9. The number of carbonyl (C=O) groups is 1. The smallest absolute Gasteiger partial charge is 0.272 e. The lowest BCUT2D eigenvalue weighted by atomic mass is 10.1. The van der Waals surface area contributed by atoms with Crippen molar-refractivity contribution >= 4 is 17.5 Å². The van der Waals surface area contributed by atoms with Crippen LogP contribution in [0.5, 0.6) is 5.75 Å². The average Bonchev–Trinajstić information content (AvgIpc) is 3.17. The highest BCUT2D eigenvalue weighted by Gasteiger charge is 2.24. The van der Waals surface area contributed by atoms with Crippen molar-refractivity contribution in [2.45, 2.75) is 32.7 Å². The lowest BCUT2D eigenvalue weighted by molar-refractivity contribution is -0.00119. The molecule has 0 aliphatic carbocycles. The third-order valence-electron chi connectivity index (χ3n) is 4.77. The van der Waals surface area contributed by atoms with Crippen LogP contribution >= 0.6 is 11.6 Å². The van der Waals surface area contributed by atoms with Crippen LogP contribution in [0.2, 0.25) is 5.02 Å². The van der Waals surface area contributed by atoms with Gasteiger partial charge in [0.1, 0.15) is 11.9 Å². The molecule has 0 saturated carbocycles. The molecule has 6 nitrogen and oxygen atoms in total. The van der Waals surface area contributed by atoms with E-state index in [1.54, 1.807) is 6.07 Å². The van der Waals surface area contributed by atoms with Crippen molar-refractivity contribution in [2.24, 2.45) is 0 Å². The van der Waals surface area contributed by atoms with E-state index in [-0.39, 0.29) is 12.0 Å². The summed E-state index contributed by atoms with van der Waals surface area (Å²) in [6.45, 7) is 3.92. The second kappa shape index (κ2) is 8.68. The van der Waals surface area contributed by atoms with Gasteiger partial charge in [0.2, 0.25) is 0 Å². The summed E-state index contributed by atoms with van der Waals surface area (Å²) in [6, 6.07) is 17.1. The van der Waals surface area contributed by atoms with Gasteiger partial charge in [0, 0.05) is 11.6 Å². The SMILES string of the molecule is CCOc1cccc(CNC(=O)c2cc3n(n2)C[C@H](c2ccc(Cl)cc2)OC3)c1. The maximum Gasteiger partial charge on any atom is 0.272 e. The van der Waals surface area contributed by atoms with Crippen molar-refractivity contribution in [1.82, 2.24) is 15.1 Å². The van der Waals surface area contributed by atoms with E-state index in [0.717, 1.165) is 22.6 Å². The maximum atomic E-state index is 12.6.